The molecular formula is C13H12N4O. The quantitative estimate of drug-likeness (QED) is 0.843. The van der Waals surface area contributed by atoms with Crippen molar-refractivity contribution in [3.63, 3.8) is 0 Å². The van der Waals surface area contributed by atoms with Gasteiger partial charge in [-0.05, 0) is 18.6 Å². The minimum Gasteiger partial charge on any atom is -0.324 e. The van der Waals surface area contributed by atoms with Gasteiger partial charge >= 0.3 is 0 Å². The molecule has 90 valence electrons. The Hall–Kier alpha value is -2.43. The van der Waals surface area contributed by atoms with E-state index in [1.807, 2.05) is 30.3 Å². The number of aromatic nitrogens is 2. The fourth-order valence-electron chi connectivity index (χ4n) is 1.85. The van der Waals surface area contributed by atoms with Crippen molar-refractivity contribution < 1.29 is 4.79 Å². The first-order valence-corrected chi connectivity index (χ1v) is 5.79. The highest BCUT2D eigenvalue weighted by Gasteiger charge is 2.16. The normalized spacial score (nSPS) is 13.7. The molecule has 2 heterocycles. The topological polar surface area (TPSA) is 66.9 Å². The summed E-state index contributed by atoms with van der Waals surface area (Å²) >= 11 is 0. The van der Waals surface area contributed by atoms with E-state index in [4.69, 9.17) is 0 Å². The zero-order valence-corrected chi connectivity index (χ0v) is 9.68. The van der Waals surface area contributed by atoms with Gasteiger partial charge in [-0.15, -0.1) is 0 Å². The van der Waals surface area contributed by atoms with Crippen molar-refractivity contribution in [2.75, 3.05) is 10.6 Å². The molecule has 0 radical (unpaired) electrons. The smallest absolute Gasteiger partial charge is 0.229 e. The fraction of sp³-hybridized carbons (Fsp3) is 0.154. The SMILES string of the molecule is O=C1CCc2cnc(Nc3ccccc3)nc2N1. The zero-order chi connectivity index (χ0) is 12.4. The van der Waals surface area contributed by atoms with E-state index in [0.29, 0.717) is 24.6 Å². The van der Waals surface area contributed by atoms with Crippen LogP contribution in [-0.4, -0.2) is 15.9 Å². The lowest BCUT2D eigenvalue weighted by atomic mass is 10.1. The van der Waals surface area contributed by atoms with E-state index in [-0.39, 0.29) is 5.91 Å². The number of benzene rings is 1. The van der Waals surface area contributed by atoms with Gasteiger partial charge in [0, 0.05) is 23.9 Å². The minimum atomic E-state index is 0.00635. The number of carbonyl (C=O) groups is 1. The van der Waals surface area contributed by atoms with Crippen molar-refractivity contribution in [3.05, 3.63) is 42.1 Å². The van der Waals surface area contributed by atoms with Crippen LogP contribution in [0.15, 0.2) is 36.5 Å². The molecule has 5 nitrogen and oxygen atoms in total. The maximum absolute atomic E-state index is 11.3. The Kier molecular flexibility index (Phi) is 2.64. The highest BCUT2D eigenvalue weighted by Crippen LogP contribution is 2.21. The van der Waals surface area contributed by atoms with Crippen LogP contribution in [-0.2, 0) is 11.2 Å². The summed E-state index contributed by atoms with van der Waals surface area (Å²) in [4.78, 5) is 19.8. The van der Waals surface area contributed by atoms with Gasteiger partial charge in [0.1, 0.15) is 5.82 Å². The third-order valence-electron chi connectivity index (χ3n) is 2.77. The maximum atomic E-state index is 11.3. The largest absolute Gasteiger partial charge is 0.324 e. The summed E-state index contributed by atoms with van der Waals surface area (Å²) in [5.41, 5.74) is 1.90. The number of aryl methyl sites for hydroxylation is 1. The molecule has 0 atom stereocenters. The van der Waals surface area contributed by atoms with E-state index in [2.05, 4.69) is 20.6 Å². The van der Waals surface area contributed by atoms with Crippen molar-refractivity contribution in [2.24, 2.45) is 0 Å². The lowest BCUT2D eigenvalue weighted by molar-refractivity contribution is -0.116. The van der Waals surface area contributed by atoms with Gasteiger partial charge in [0.15, 0.2) is 0 Å². The summed E-state index contributed by atoms with van der Waals surface area (Å²) in [6, 6.07) is 9.67. The molecule has 0 aliphatic carbocycles. The van der Waals surface area contributed by atoms with Crippen LogP contribution in [0.2, 0.25) is 0 Å². The first kappa shape index (κ1) is 10.7. The van der Waals surface area contributed by atoms with Crippen LogP contribution in [0.3, 0.4) is 0 Å². The van der Waals surface area contributed by atoms with Crippen LogP contribution in [0.4, 0.5) is 17.5 Å². The van der Waals surface area contributed by atoms with Gasteiger partial charge in [-0.3, -0.25) is 4.79 Å². The second-order valence-electron chi connectivity index (χ2n) is 4.11. The van der Waals surface area contributed by atoms with Crippen molar-refractivity contribution in [1.29, 1.82) is 0 Å². The molecule has 5 heteroatoms. The molecule has 2 N–H and O–H groups in total. The van der Waals surface area contributed by atoms with Gasteiger partial charge in [-0.1, -0.05) is 18.2 Å². The van der Waals surface area contributed by atoms with Gasteiger partial charge < -0.3 is 10.6 Å². The summed E-state index contributed by atoms with van der Waals surface area (Å²) in [7, 11) is 0. The minimum absolute atomic E-state index is 0.00635. The molecular weight excluding hydrogens is 228 g/mol. The van der Waals surface area contributed by atoms with E-state index >= 15 is 0 Å². The second-order valence-corrected chi connectivity index (χ2v) is 4.11. The monoisotopic (exact) mass is 240 g/mol. The standard InChI is InChI=1S/C13H12N4O/c18-11-7-6-9-8-14-13(17-12(9)16-11)15-10-4-2-1-3-5-10/h1-5,8H,6-7H2,(H2,14,15,16,17,18). The molecule has 0 spiro atoms. The molecule has 18 heavy (non-hydrogen) atoms. The summed E-state index contributed by atoms with van der Waals surface area (Å²) in [5.74, 6) is 1.11. The van der Waals surface area contributed by atoms with Gasteiger partial charge in [0.2, 0.25) is 11.9 Å². The van der Waals surface area contributed by atoms with Crippen LogP contribution in [0.25, 0.3) is 0 Å². The zero-order valence-electron chi connectivity index (χ0n) is 9.68. The number of nitrogens with one attached hydrogen (secondary N) is 2. The van der Waals surface area contributed by atoms with Gasteiger partial charge in [-0.2, -0.15) is 4.98 Å². The summed E-state index contributed by atoms with van der Waals surface area (Å²) in [6.45, 7) is 0. The van der Waals surface area contributed by atoms with Crippen molar-refractivity contribution in [2.45, 2.75) is 12.8 Å². The van der Waals surface area contributed by atoms with Crippen molar-refractivity contribution in [1.82, 2.24) is 9.97 Å². The predicted molar refractivity (Wildman–Crippen MR) is 68.7 cm³/mol. The van der Waals surface area contributed by atoms with Gasteiger partial charge in [0.05, 0.1) is 0 Å². The molecule has 1 aromatic heterocycles. The number of para-hydroxylation sites is 1. The number of carbonyl (C=O) groups excluding carboxylic acids is 1. The lowest BCUT2D eigenvalue weighted by Crippen LogP contribution is -2.20. The van der Waals surface area contributed by atoms with Crippen LogP contribution in [0.5, 0.6) is 0 Å². The number of amides is 1. The fourth-order valence-corrected chi connectivity index (χ4v) is 1.85. The van der Waals surface area contributed by atoms with Crippen LogP contribution < -0.4 is 10.6 Å². The van der Waals surface area contributed by atoms with Crippen LogP contribution in [0, 0.1) is 0 Å². The highest BCUT2D eigenvalue weighted by atomic mass is 16.1. The van der Waals surface area contributed by atoms with E-state index in [1.54, 1.807) is 6.20 Å². The number of nitrogens with zero attached hydrogens (tertiary/aromatic N) is 2. The van der Waals surface area contributed by atoms with Crippen LogP contribution in [0.1, 0.15) is 12.0 Å². The Morgan fingerprint density at radius 2 is 2.00 bits per heavy atom. The number of rotatable bonds is 2. The Bertz CT molecular complexity index is 583. The number of anilines is 3. The van der Waals surface area contributed by atoms with E-state index in [1.165, 1.54) is 0 Å². The Morgan fingerprint density at radius 1 is 1.17 bits per heavy atom. The lowest BCUT2D eigenvalue weighted by Gasteiger charge is -2.15. The van der Waals surface area contributed by atoms with Crippen molar-refractivity contribution >= 4 is 23.4 Å². The number of hydrogen-bond donors (Lipinski definition) is 2. The summed E-state index contributed by atoms with van der Waals surface area (Å²) in [5, 5.41) is 5.85. The number of hydrogen-bond acceptors (Lipinski definition) is 4. The summed E-state index contributed by atoms with van der Waals surface area (Å²) in [6.07, 6.45) is 2.96. The molecule has 0 bridgehead atoms. The first-order valence-electron chi connectivity index (χ1n) is 5.79. The maximum Gasteiger partial charge on any atom is 0.229 e. The average Bonchev–Trinajstić information content (AvgIpc) is 2.39. The molecule has 1 aliphatic heterocycles. The predicted octanol–water partition coefficient (Wildman–Crippen LogP) is 2.10. The highest BCUT2D eigenvalue weighted by molar-refractivity contribution is 5.92. The molecule has 0 fully saturated rings. The van der Waals surface area contributed by atoms with Crippen LogP contribution >= 0.6 is 0 Å². The molecule has 1 amide bonds. The molecule has 3 rings (SSSR count). The summed E-state index contributed by atoms with van der Waals surface area (Å²) < 4.78 is 0. The Morgan fingerprint density at radius 3 is 2.83 bits per heavy atom. The van der Waals surface area contributed by atoms with Gasteiger partial charge in [0.25, 0.3) is 0 Å². The molecule has 0 saturated heterocycles. The Balaban J connectivity index is 1.86. The third-order valence-corrected chi connectivity index (χ3v) is 2.77. The molecule has 0 unspecified atom stereocenters. The molecule has 1 aromatic carbocycles. The van der Waals surface area contributed by atoms with E-state index in [9.17, 15) is 4.79 Å². The Labute approximate surface area is 104 Å². The van der Waals surface area contributed by atoms with E-state index < -0.39 is 0 Å². The average molecular weight is 240 g/mol. The first-order chi connectivity index (χ1) is 8.81. The second kappa shape index (κ2) is 4.44. The number of fused-ring (bicyclic) bond motifs is 1. The third kappa shape index (κ3) is 2.15. The molecule has 1 aliphatic rings. The molecule has 2 aromatic rings. The van der Waals surface area contributed by atoms with Gasteiger partial charge in [-0.25, -0.2) is 4.98 Å². The van der Waals surface area contributed by atoms with E-state index in [0.717, 1.165) is 11.3 Å². The van der Waals surface area contributed by atoms with Crippen molar-refractivity contribution in [3.8, 4) is 0 Å². The molecule has 0 saturated carbocycles.